The number of hydrogen-bond donors (Lipinski definition) is 2. The first-order valence-corrected chi connectivity index (χ1v) is 13.3. The monoisotopic (exact) mass is 454 g/mol. The summed E-state index contributed by atoms with van der Waals surface area (Å²) in [6, 6.07) is 6.28. The maximum atomic E-state index is 12.1. The molecule has 1 aromatic rings. The van der Waals surface area contributed by atoms with Gasteiger partial charge in [-0.15, -0.1) is 0 Å². The van der Waals surface area contributed by atoms with Crippen molar-refractivity contribution in [3.63, 3.8) is 0 Å². The highest BCUT2D eigenvalue weighted by Gasteiger charge is 2.20. The van der Waals surface area contributed by atoms with E-state index in [9.17, 15) is 18.6 Å². The molecule has 0 radical (unpaired) electrons. The molecule has 178 valence electrons. The van der Waals surface area contributed by atoms with Gasteiger partial charge < -0.3 is 10.2 Å². The van der Waals surface area contributed by atoms with Gasteiger partial charge in [0.2, 0.25) is 0 Å². The van der Waals surface area contributed by atoms with Crippen LogP contribution in [0.25, 0.3) is 0 Å². The van der Waals surface area contributed by atoms with E-state index < -0.39 is 28.9 Å². The van der Waals surface area contributed by atoms with Crippen molar-refractivity contribution in [3.8, 4) is 0 Å². The zero-order valence-corrected chi connectivity index (χ0v) is 20.2. The Hall–Kier alpha value is -1.21. The molecule has 31 heavy (non-hydrogen) atoms. The van der Waals surface area contributed by atoms with Crippen LogP contribution >= 0.6 is 0 Å². The molecule has 0 aliphatic heterocycles. The van der Waals surface area contributed by atoms with Gasteiger partial charge in [-0.25, -0.2) is 0 Å². The number of rotatable bonds is 18. The van der Waals surface area contributed by atoms with Crippen LogP contribution in [0.4, 0.5) is 0 Å². The highest BCUT2D eigenvalue weighted by Crippen LogP contribution is 2.15. The second-order valence-corrected chi connectivity index (χ2v) is 9.98. The van der Waals surface area contributed by atoms with Crippen LogP contribution in [0, 0.1) is 6.92 Å². The third-order valence-electron chi connectivity index (χ3n) is 5.41. The van der Waals surface area contributed by atoms with Gasteiger partial charge in [-0.3, -0.25) is 4.18 Å². The van der Waals surface area contributed by atoms with Crippen LogP contribution in [0.3, 0.4) is 0 Å². The van der Waals surface area contributed by atoms with Gasteiger partial charge in [-0.2, -0.15) is 8.42 Å². The van der Waals surface area contributed by atoms with Gasteiger partial charge in [0.25, 0.3) is 10.1 Å². The fourth-order valence-electron chi connectivity index (χ4n) is 3.32. The van der Waals surface area contributed by atoms with Gasteiger partial charge in [0.05, 0.1) is 11.5 Å². The van der Waals surface area contributed by atoms with E-state index in [0.717, 1.165) is 24.8 Å². The number of aliphatic hydroxyl groups is 2. The Balaban J connectivity index is 2.11. The van der Waals surface area contributed by atoms with Crippen LogP contribution in [-0.2, 0) is 14.3 Å². The predicted molar refractivity (Wildman–Crippen MR) is 127 cm³/mol. The lowest BCUT2D eigenvalue weighted by Gasteiger charge is -2.14. The van der Waals surface area contributed by atoms with Crippen molar-refractivity contribution in [2.45, 2.75) is 108 Å². The van der Waals surface area contributed by atoms with Crippen LogP contribution < -0.4 is 0 Å². The van der Waals surface area contributed by atoms with E-state index in [1.807, 2.05) is 13.0 Å². The fourth-order valence-corrected chi connectivity index (χ4v) is 4.25. The van der Waals surface area contributed by atoms with Crippen molar-refractivity contribution in [1.29, 1.82) is 0 Å². The minimum atomic E-state index is -3.95. The van der Waals surface area contributed by atoms with Gasteiger partial charge in [-0.05, 0) is 31.9 Å². The average molecular weight is 455 g/mol. The summed E-state index contributed by atoms with van der Waals surface area (Å²) in [6.45, 7) is 3.62. The summed E-state index contributed by atoms with van der Waals surface area (Å²) in [5.41, 5.74) is 0.942. The molecule has 0 saturated carbocycles. The molecule has 0 bridgehead atoms. The molecule has 1 rings (SSSR count). The third kappa shape index (κ3) is 13.1. The minimum Gasteiger partial charge on any atom is -0.388 e. The summed E-state index contributed by atoms with van der Waals surface area (Å²) in [5, 5.41) is 20.0. The van der Waals surface area contributed by atoms with E-state index in [0.29, 0.717) is 0 Å². The molecule has 0 aliphatic rings. The van der Waals surface area contributed by atoms with Gasteiger partial charge in [0.15, 0.2) is 0 Å². The minimum absolute atomic E-state index is 0.0341. The van der Waals surface area contributed by atoms with Gasteiger partial charge in [-0.1, -0.05) is 101 Å². The van der Waals surface area contributed by atoms with E-state index in [4.69, 9.17) is 4.18 Å². The molecule has 0 fully saturated rings. The van der Waals surface area contributed by atoms with Crippen LogP contribution in [0.5, 0.6) is 0 Å². The lowest BCUT2D eigenvalue weighted by molar-refractivity contribution is 0.0181. The molecule has 0 aliphatic carbocycles. The smallest absolute Gasteiger partial charge is 0.297 e. The number of aliphatic hydroxyl groups excluding tert-OH is 2. The van der Waals surface area contributed by atoms with Crippen molar-refractivity contribution >= 4 is 10.1 Å². The van der Waals surface area contributed by atoms with E-state index in [1.165, 1.54) is 76.0 Å². The first-order chi connectivity index (χ1) is 14.9. The Morgan fingerprint density at radius 1 is 0.871 bits per heavy atom. The SMILES string of the molecule is CCCCCCCCCCCCC/C=C/[C@@H](O)[C@H](O)COS(=O)(=O)c1ccc(C)cc1. The molecule has 5 nitrogen and oxygen atoms in total. The number of benzene rings is 1. The topological polar surface area (TPSA) is 83.8 Å². The second kappa shape index (κ2) is 16.4. The Bertz CT molecular complexity index is 697. The number of unbranched alkanes of at least 4 members (excludes halogenated alkanes) is 11. The quantitative estimate of drug-likeness (QED) is 0.169. The van der Waals surface area contributed by atoms with Crippen molar-refractivity contribution in [2.24, 2.45) is 0 Å². The molecule has 0 heterocycles. The van der Waals surface area contributed by atoms with Gasteiger partial charge in [0.1, 0.15) is 12.2 Å². The normalized spacial score (nSPS) is 14.2. The largest absolute Gasteiger partial charge is 0.388 e. The highest BCUT2D eigenvalue weighted by molar-refractivity contribution is 7.86. The van der Waals surface area contributed by atoms with E-state index >= 15 is 0 Å². The number of aryl methyl sites for hydroxylation is 1. The summed E-state index contributed by atoms with van der Waals surface area (Å²) < 4.78 is 29.1. The first kappa shape index (κ1) is 27.8. The molecule has 0 spiro atoms. The van der Waals surface area contributed by atoms with Gasteiger partial charge in [0, 0.05) is 0 Å². The summed E-state index contributed by atoms with van der Waals surface area (Å²) in [7, 11) is -3.95. The van der Waals surface area contributed by atoms with E-state index in [1.54, 1.807) is 12.1 Å². The Kier molecular flexibility index (Phi) is 14.7. The van der Waals surface area contributed by atoms with Crippen molar-refractivity contribution in [3.05, 3.63) is 42.0 Å². The Morgan fingerprint density at radius 2 is 1.39 bits per heavy atom. The molecule has 0 saturated heterocycles. The molecular formula is C25H42O5S. The molecular weight excluding hydrogens is 412 g/mol. The molecule has 0 unspecified atom stereocenters. The van der Waals surface area contributed by atoms with E-state index in [-0.39, 0.29) is 4.90 Å². The molecule has 2 N–H and O–H groups in total. The molecule has 2 atom stereocenters. The maximum absolute atomic E-state index is 12.1. The molecule has 6 heteroatoms. The van der Waals surface area contributed by atoms with Crippen molar-refractivity contribution in [1.82, 2.24) is 0 Å². The molecule has 0 aromatic heterocycles. The standard InChI is InChI=1S/C25H42O5S/c1-3-4-5-6-7-8-9-10-11-12-13-14-15-16-24(26)25(27)21-30-31(28,29)23-19-17-22(2)18-20-23/h15-20,24-27H,3-14,21H2,1-2H3/b16-15+/t24-,25-/m1/s1. The van der Waals surface area contributed by atoms with Crippen molar-refractivity contribution in [2.75, 3.05) is 6.61 Å². The highest BCUT2D eigenvalue weighted by atomic mass is 32.2. The summed E-state index contributed by atoms with van der Waals surface area (Å²) in [4.78, 5) is 0.0341. The summed E-state index contributed by atoms with van der Waals surface area (Å²) >= 11 is 0. The first-order valence-electron chi connectivity index (χ1n) is 11.9. The molecule has 1 aromatic carbocycles. The second-order valence-electron chi connectivity index (χ2n) is 8.36. The Labute approximate surface area is 189 Å². The van der Waals surface area contributed by atoms with Gasteiger partial charge >= 0.3 is 0 Å². The fraction of sp³-hybridized carbons (Fsp3) is 0.680. The zero-order chi connectivity index (χ0) is 23.0. The zero-order valence-electron chi connectivity index (χ0n) is 19.3. The Morgan fingerprint density at radius 3 is 1.94 bits per heavy atom. The van der Waals surface area contributed by atoms with Crippen LogP contribution in [0.2, 0.25) is 0 Å². The van der Waals surface area contributed by atoms with E-state index in [2.05, 4.69) is 6.92 Å². The van der Waals surface area contributed by atoms with Crippen LogP contribution in [-0.4, -0.2) is 37.4 Å². The lowest BCUT2D eigenvalue weighted by Crippen LogP contribution is -2.30. The number of hydrogen-bond acceptors (Lipinski definition) is 5. The lowest BCUT2D eigenvalue weighted by atomic mass is 10.1. The third-order valence-corrected chi connectivity index (χ3v) is 6.70. The summed E-state index contributed by atoms with van der Waals surface area (Å²) in [5.74, 6) is 0. The van der Waals surface area contributed by atoms with Crippen LogP contribution in [0.1, 0.15) is 89.5 Å². The number of allylic oxidation sites excluding steroid dienone is 1. The van der Waals surface area contributed by atoms with Crippen LogP contribution in [0.15, 0.2) is 41.3 Å². The average Bonchev–Trinajstić information content (AvgIpc) is 2.75. The van der Waals surface area contributed by atoms with Crippen molar-refractivity contribution < 1.29 is 22.8 Å². The molecule has 0 amide bonds. The summed E-state index contributed by atoms with van der Waals surface area (Å²) in [6.07, 6.45) is 15.9. The predicted octanol–water partition coefficient (Wildman–Crippen LogP) is 5.68. The maximum Gasteiger partial charge on any atom is 0.297 e.